The Kier molecular flexibility index (Phi) is 18.8. The Morgan fingerprint density at radius 2 is 1.20 bits per heavy atom. The molecule has 9 nitrogen and oxygen atoms in total. The summed E-state index contributed by atoms with van der Waals surface area (Å²) >= 11 is 0. The fourth-order valence-electron chi connectivity index (χ4n) is 8.73. The Hall–Kier alpha value is -2.62. The molecule has 2 aliphatic heterocycles. The second-order valence-corrected chi connectivity index (χ2v) is 16.7. The Balaban J connectivity index is 1.60. The maximum absolute atomic E-state index is 14.3. The number of hydrogen-bond acceptors (Lipinski definition) is 9. The van der Waals surface area contributed by atoms with E-state index in [2.05, 4.69) is 27.7 Å². The molecule has 0 aromatic heterocycles. The van der Waals surface area contributed by atoms with E-state index in [1.807, 2.05) is 0 Å². The van der Waals surface area contributed by atoms with Gasteiger partial charge < -0.3 is 33.9 Å². The quantitative estimate of drug-likeness (QED) is 0.0390. The number of unbranched alkanes of at least 4 members (excludes halogenated alkanes) is 16. The Morgan fingerprint density at radius 1 is 0.691 bits per heavy atom. The number of ether oxygens (including phenoxy) is 5. The molecule has 2 heterocycles. The van der Waals surface area contributed by atoms with Crippen LogP contribution in [0, 0.1) is 0 Å². The highest BCUT2D eigenvalue weighted by Crippen LogP contribution is 2.52. The van der Waals surface area contributed by atoms with E-state index in [1.54, 1.807) is 6.07 Å². The number of esters is 2. The smallest absolute Gasteiger partial charge is 0.341 e. The average Bonchev–Trinajstić information content (AvgIpc) is 3.65. The SMILES string of the molecule is CCCCCCCC1(CCCCCCC)O[C@H]2[C@H](OC(=O)/C=C/c3ccc(O)c(O)c3)C[C@]3(C[C@H]2O1)OC(CCCCCCC)(CCCCCCC)OC3=O. The summed E-state index contributed by atoms with van der Waals surface area (Å²) in [7, 11) is 0. The third kappa shape index (κ3) is 13.5. The molecule has 312 valence electrons. The van der Waals surface area contributed by atoms with Crippen LogP contribution in [0.4, 0.5) is 0 Å². The summed E-state index contributed by atoms with van der Waals surface area (Å²) in [4.78, 5) is 27.8. The van der Waals surface area contributed by atoms with Gasteiger partial charge in [-0.1, -0.05) is 136 Å². The van der Waals surface area contributed by atoms with Crippen molar-refractivity contribution in [3.05, 3.63) is 29.8 Å². The minimum absolute atomic E-state index is 0.131. The molecule has 0 radical (unpaired) electrons. The van der Waals surface area contributed by atoms with Gasteiger partial charge in [0.05, 0.1) is 6.10 Å². The highest BCUT2D eigenvalue weighted by Gasteiger charge is 2.66. The van der Waals surface area contributed by atoms with Gasteiger partial charge >= 0.3 is 11.9 Å². The maximum Gasteiger partial charge on any atom is 0.341 e. The predicted molar refractivity (Wildman–Crippen MR) is 217 cm³/mol. The van der Waals surface area contributed by atoms with Crippen LogP contribution >= 0.6 is 0 Å². The van der Waals surface area contributed by atoms with Gasteiger partial charge in [-0.15, -0.1) is 0 Å². The first-order chi connectivity index (χ1) is 26.6. The Bertz CT molecular complexity index is 1300. The molecule has 0 unspecified atom stereocenters. The first kappa shape index (κ1) is 45.1. The van der Waals surface area contributed by atoms with Crippen LogP contribution in [0.5, 0.6) is 11.5 Å². The van der Waals surface area contributed by atoms with Crippen LogP contribution in [0.1, 0.15) is 200 Å². The molecule has 3 aliphatic rings. The van der Waals surface area contributed by atoms with Crippen LogP contribution < -0.4 is 0 Å². The summed E-state index contributed by atoms with van der Waals surface area (Å²) in [6, 6.07) is 4.34. The van der Waals surface area contributed by atoms with E-state index in [0.717, 1.165) is 89.9 Å². The molecule has 1 aromatic carbocycles. The topological polar surface area (TPSA) is 121 Å². The van der Waals surface area contributed by atoms with Crippen LogP contribution in [0.25, 0.3) is 6.08 Å². The first-order valence-electron chi connectivity index (χ1n) is 22.3. The maximum atomic E-state index is 14.3. The van der Waals surface area contributed by atoms with Gasteiger partial charge in [0.25, 0.3) is 0 Å². The van der Waals surface area contributed by atoms with Gasteiger partial charge in [0.1, 0.15) is 12.2 Å². The molecule has 1 spiro atoms. The lowest BCUT2D eigenvalue weighted by Crippen LogP contribution is -2.56. The molecule has 1 aliphatic carbocycles. The van der Waals surface area contributed by atoms with Crippen LogP contribution in [-0.4, -0.2) is 57.6 Å². The third-order valence-corrected chi connectivity index (χ3v) is 11.9. The monoisotopic (exact) mass is 771 g/mol. The number of fused-ring (bicyclic) bond motifs is 1. The number of hydrogen-bond donors (Lipinski definition) is 2. The number of benzene rings is 1. The standard InChI is InChI=1S/C46H74O9/c1-5-9-13-17-21-29-45(30-22-18-14-10-6-2)52-40-35-44(34-39(42(40)53-45)51-41(49)28-26-36-25-27-37(47)38(48)33-36)43(50)54-46(55-44,31-23-19-15-11-7-3)32-24-20-16-12-8-4/h25-28,33,39-40,42,47-48H,5-24,29-32,34-35H2,1-4H3/b28-26+/t39-,40-,42+,44-/m1/s1. The van der Waals surface area contributed by atoms with E-state index in [9.17, 15) is 19.8 Å². The van der Waals surface area contributed by atoms with Gasteiger partial charge in [0, 0.05) is 44.6 Å². The normalized spacial score (nSPS) is 24.1. The van der Waals surface area contributed by atoms with Gasteiger partial charge in [-0.3, -0.25) is 0 Å². The molecule has 2 saturated heterocycles. The number of phenolic OH excluding ortho intramolecular Hbond substituents is 2. The van der Waals surface area contributed by atoms with Crippen molar-refractivity contribution in [3.63, 3.8) is 0 Å². The zero-order chi connectivity index (χ0) is 39.6. The summed E-state index contributed by atoms with van der Waals surface area (Å²) in [5, 5.41) is 19.7. The molecule has 1 saturated carbocycles. The highest BCUT2D eigenvalue weighted by atomic mass is 16.8. The van der Waals surface area contributed by atoms with Gasteiger partial charge in [-0.05, 0) is 49.5 Å². The van der Waals surface area contributed by atoms with E-state index in [-0.39, 0.29) is 23.9 Å². The fourth-order valence-corrected chi connectivity index (χ4v) is 8.73. The molecule has 4 rings (SSSR count). The van der Waals surface area contributed by atoms with Crippen molar-refractivity contribution < 1.29 is 43.5 Å². The van der Waals surface area contributed by atoms with Crippen molar-refractivity contribution in [2.45, 2.75) is 230 Å². The second-order valence-electron chi connectivity index (χ2n) is 16.7. The number of phenols is 2. The molecule has 2 N–H and O–H groups in total. The molecule has 0 bridgehead atoms. The zero-order valence-corrected chi connectivity index (χ0v) is 34.8. The number of cyclic esters (lactones) is 1. The van der Waals surface area contributed by atoms with E-state index in [0.29, 0.717) is 24.8 Å². The second kappa shape index (κ2) is 23.0. The Labute approximate surface area is 332 Å². The van der Waals surface area contributed by atoms with Crippen molar-refractivity contribution in [2.24, 2.45) is 0 Å². The first-order valence-corrected chi connectivity index (χ1v) is 22.3. The number of carbonyl (C=O) groups excluding carboxylic acids is 2. The summed E-state index contributed by atoms with van der Waals surface area (Å²) in [6.07, 6.45) is 26.4. The molecule has 4 atom stereocenters. The molecule has 0 amide bonds. The number of rotatable bonds is 27. The van der Waals surface area contributed by atoms with Crippen LogP contribution in [0.2, 0.25) is 0 Å². The number of aromatic hydroxyl groups is 2. The van der Waals surface area contributed by atoms with Crippen molar-refractivity contribution in [3.8, 4) is 11.5 Å². The van der Waals surface area contributed by atoms with Crippen LogP contribution in [0.3, 0.4) is 0 Å². The lowest BCUT2D eigenvalue weighted by atomic mass is 9.79. The summed E-state index contributed by atoms with van der Waals surface area (Å²) in [5.41, 5.74) is -0.783. The fraction of sp³-hybridized carbons (Fsp3) is 0.783. The highest BCUT2D eigenvalue weighted by molar-refractivity contribution is 5.87. The Morgan fingerprint density at radius 3 is 1.71 bits per heavy atom. The van der Waals surface area contributed by atoms with Crippen LogP contribution in [0.15, 0.2) is 24.3 Å². The van der Waals surface area contributed by atoms with E-state index < -0.39 is 41.5 Å². The minimum atomic E-state index is -1.31. The molecule has 9 heteroatoms. The van der Waals surface area contributed by atoms with Gasteiger partial charge in [0.2, 0.25) is 5.79 Å². The largest absolute Gasteiger partial charge is 0.504 e. The molecule has 3 fully saturated rings. The average molecular weight is 771 g/mol. The van der Waals surface area contributed by atoms with E-state index in [4.69, 9.17) is 23.7 Å². The predicted octanol–water partition coefficient (Wildman–Crippen LogP) is 11.7. The van der Waals surface area contributed by atoms with Gasteiger partial charge in [0.15, 0.2) is 22.9 Å². The van der Waals surface area contributed by atoms with Crippen LogP contribution in [-0.2, 0) is 33.3 Å². The minimum Gasteiger partial charge on any atom is -0.504 e. The van der Waals surface area contributed by atoms with Crippen molar-refractivity contribution in [2.75, 3.05) is 0 Å². The zero-order valence-electron chi connectivity index (χ0n) is 34.8. The molecule has 55 heavy (non-hydrogen) atoms. The third-order valence-electron chi connectivity index (χ3n) is 11.9. The van der Waals surface area contributed by atoms with Crippen molar-refractivity contribution >= 4 is 18.0 Å². The van der Waals surface area contributed by atoms with Crippen molar-refractivity contribution in [1.29, 1.82) is 0 Å². The van der Waals surface area contributed by atoms with E-state index >= 15 is 0 Å². The molecular formula is C46H74O9. The molecule has 1 aromatic rings. The summed E-state index contributed by atoms with van der Waals surface area (Å²) in [6.45, 7) is 8.85. The lowest BCUT2D eigenvalue weighted by molar-refractivity contribution is -0.218. The summed E-state index contributed by atoms with van der Waals surface area (Å²) < 4.78 is 33.6. The van der Waals surface area contributed by atoms with Gasteiger partial charge in [-0.2, -0.15) is 0 Å². The lowest BCUT2D eigenvalue weighted by Gasteiger charge is -2.40. The van der Waals surface area contributed by atoms with Crippen molar-refractivity contribution in [1.82, 2.24) is 0 Å². The number of carbonyl (C=O) groups is 2. The summed E-state index contributed by atoms with van der Waals surface area (Å²) in [5.74, 6) is -3.32. The van der Waals surface area contributed by atoms with Gasteiger partial charge in [-0.25, -0.2) is 9.59 Å². The van der Waals surface area contributed by atoms with E-state index in [1.165, 1.54) is 75.7 Å². The molecular weight excluding hydrogens is 696 g/mol.